The van der Waals surface area contributed by atoms with Crippen molar-refractivity contribution in [3.8, 4) is 0 Å². The van der Waals surface area contributed by atoms with Gasteiger partial charge in [0.1, 0.15) is 12.2 Å². The minimum absolute atomic E-state index is 0.0953. The van der Waals surface area contributed by atoms with Crippen LogP contribution in [0.3, 0.4) is 0 Å². The third-order valence-electron chi connectivity index (χ3n) is 13.9. The molecule has 4 aliphatic rings. The van der Waals surface area contributed by atoms with Gasteiger partial charge in [-0.3, -0.25) is 9.59 Å². The summed E-state index contributed by atoms with van der Waals surface area (Å²) in [6.45, 7) is 39.9. The van der Waals surface area contributed by atoms with Crippen molar-refractivity contribution in [3.05, 3.63) is 46.8 Å². The molecule has 2 fully saturated rings. The van der Waals surface area contributed by atoms with Crippen molar-refractivity contribution in [1.29, 1.82) is 0 Å². The molecule has 60 heavy (non-hydrogen) atoms. The Bertz CT molecular complexity index is 1420. The third-order valence-corrected chi connectivity index (χ3v) is 13.9. The maximum absolute atomic E-state index is 13.5. The summed E-state index contributed by atoms with van der Waals surface area (Å²) in [6, 6.07) is 0. The van der Waals surface area contributed by atoms with Crippen LogP contribution in [0.25, 0.3) is 0 Å². The fourth-order valence-corrected chi connectivity index (χ4v) is 11.6. The third kappa shape index (κ3) is 13.0. The first-order chi connectivity index (χ1) is 28.1. The number of rotatable bonds is 21. The molecule has 4 atom stereocenters. The van der Waals surface area contributed by atoms with Crippen LogP contribution in [0.1, 0.15) is 186 Å². The summed E-state index contributed by atoms with van der Waals surface area (Å²) < 4.78 is 25.7. The zero-order valence-corrected chi connectivity index (χ0v) is 40.6. The van der Waals surface area contributed by atoms with E-state index in [9.17, 15) is 9.59 Å². The van der Waals surface area contributed by atoms with Crippen LogP contribution in [0.2, 0.25) is 0 Å². The molecule has 0 bridgehead atoms. The van der Waals surface area contributed by atoms with Crippen LogP contribution < -0.4 is 0 Å². The first-order valence-electron chi connectivity index (χ1n) is 24.0. The minimum Gasteiger partial charge on any atom is -0.461 e. The molecule has 2 aliphatic carbocycles. The van der Waals surface area contributed by atoms with Crippen LogP contribution in [0, 0.1) is 21.7 Å². The number of carbonyl (C=O) groups excluding carboxylic acids is 2. The Morgan fingerprint density at radius 3 is 1.20 bits per heavy atom. The molecule has 2 heterocycles. The molecule has 342 valence electrons. The van der Waals surface area contributed by atoms with Gasteiger partial charge in [-0.2, -0.15) is 0 Å². The van der Waals surface area contributed by atoms with Crippen LogP contribution in [0.4, 0.5) is 0 Å². The van der Waals surface area contributed by atoms with E-state index in [0.29, 0.717) is 26.1 Å². The van der Waals surface area contributed by atoms with Gasteiger partial charge in [0.2, 0.25) is 0 Å². The van der Waals surface area contributed by atoms with Gasteiger partial charge in [-0.1, -0.05) is 105 Å². The standard InChI is InChI=1S/C52H88N2O6/c1-37(2)35-57-39(5)45-41(53-29-23-19-24-30-53)33-49(7,8)47(51(45,11)12)59-43(55)27-21-17-15-16-18-22-28-44(56)60-48-50(9,10)34-42(54-31-25-20-26-32-54)46(52(48,13)14)40(6)58-36-38(3)4/h39-40,47-48H,1,3,15-36H2,2,4-14H3. The maximum Gasteiger partial charge on any atom is 0.306 e. The van der Waals surface area contributed by atoms with Crippen molar-refractivity contribution < 1.29 is 28.5 Å². The van der Waals surface area contributed by atoms with Crippen molar-refractivity contribution in [1.82, 2.24) is 9.80 Å². The Morgan fingerprint density at radius 1 is 0.567 bits per heavy atom. The molecule has 0 aromatic rings. The van der Waals surface area contributed by atoms with Crippen LogP contribution >= 0.6 is 0 Å². The topological polar surface area (TPSA) is 77.5 Å². The highest BCUT2D eigenvalue weighted by Gasteiger charge is 2.54. The molecule has 0 radical (unpaired) electrons. The fraction of sp³-hybridized carbons (Fsp3) is 0.808. The summed E-state index contributed by atoms with van der Waals surface area (Å²) in [5.41, 5.74) is 6.18. The zero-order valence-electron chi connectivity index (χ0n) is 40.6. The lowest BCUT2D eigenvalue weighted by atomic mass is 9.60. The summed E-state index contributed by atoms with van der Waals surface area (Å²) in [5, 5.41) is 0. The molecule has 0 spiro atoms. The lowest BCUT2D eigenvalue weighted by Gasteiger charge is -2.53. The number of carbonyl (C=O) groups is 2. The van der Waals surface area contributed by atoms with Crippen LogP contribution in [0.15, 0.2) is 46.8 Å². The Morgan fingerprint density at radius 2 is 0.883 bits per heavy atom. The van der Waals surface area contributed by atoms with E-state index >= 15 is 0 Å². The van der Waals surface area contributed by atoms with Crippen molar-refractivity contribution in [3.63, 3.8) is 0 Å². The van der Waals surface area contributed by atoms with Crippen molar-refractivity contribution in [2.75, 3.05) is 39.4 Å². The monoisotopic (exact) mass is 837 g/mol. The molecule has 4 rings (SSSR count). The summed E-state index contributed by atoms with van der Waals surface area (Å²) >= 11 is 0. The highest BCUT2D eigenvalue weighted by atomic mass is 16.6. The number of allylic oxidation sites excluding steroid dienone is 2. The number of likely N-dealkylation sites (tertiary alicyclic amines) is 2. The van der Waals surface area contributed by atoms with E-state index in [-0.39, 0.29) is 58.0 Å². The Balaban J connectivity index is 1.26. The molecule has 0 aromatic carbocycles. The summed E-state index contributed by atoms with van der Waals surface area (Å²) in [5.74, 6) is -0.210. The molecule has 2 aliphatic heterocycles. The predicted molar refractivity (Wildman–Crippen MR) is 246 cm³/mol. The van der Waals surface area contributed by atoms with Crippen molar-refractivity contribution in [2.24, 2.45) is 21.7 Å². The average molecular weight is 837 g/mol. The number of nitrogens with zero attached hydrogens (tertiary/aromatic N) is 2. The van der Waals surface area contributed by atoms with Gasteiger partial charge in [0.05, 0.1) is 25.4 Å². The van der Waals surface area contributed by atoms with Gasteiger partial charge in [-0.15, -0.1) is 0 Å². The Hall–Kier alpha value is -2.58. The van der Waals surface area contributed by atoms with E-state index in [0.717, 1.165) is 88.7 Å². The van der Waals surface area contributed by atoms with Gasteiger partial charge < -0.3 is 28.7 Å². The van der Waals surface area contributed by atoms with E-state index in [1.54, 1.807) is 0 Å². The van der Waals surface area contributed by atoms with Gasteiger partial charge in [-0.25, -0.2) is 0 Å². The van der Waals surface area contributed by atoms with E-state index in [1.807, 2.05) is 13.8 Å². The molecule has 8 heteroatoms. The number of hydrogen-bond acceptors (Lipinski definition) is 8. The Labute approximate surface area is 367 Å². The number of ether oxygens (including phenoxy) is 4. The lowest BCUT2D eigenvalue weighted by molar-refractivity contribution is -0.167. The van der Waals surface area contributed by atoms with Gasteiger partial charge in [0.15, 0.2) is 0 Å². The van der Waals surface area contributed by atoms with Gasteiger partial charge in [-0.05, 0) is 103 Å². The highest BCUT2D eigenvalue weighted by molar-refractivity contribution is 5.70. The van der Waals surface area contributed by atoms with Crippen LogP contribution in [0.5, 0.6) is 0 Å². The SMILES string of the molecule is C=C(C)COC(C)C1=C(N2CCCCC2)CC(C)(C)C(OC(=O)CCCCCCCCC(=O)OC2C(C)(C)CC(N3CCCCC3)=C(C(C)OCC(=C)C)C2(C)C)C1(C)C. The number of piperidine rings is 2. The second-order valence-electron chi connectivity index (χ2n) is 21.8. The highest BCUT2D eigenvalue weighted by Crippen LogP contribution is 2.55. The minimum atomic E-state index is -0.380. The first-order valence-corrected chi connectivity index (χ1v) is 24.0. The Kier molecular flexibility index (Phi) is 18.1. The molecular weight excluding hydrogens is 749 g/mol. The first kappa shape index (κ1) is 50.1. The van der Waals surface area contributed by atoms with E-state index < -0.39 is 0 Å². The molecular formula is C52H88N2O6. The van der Waals surface area contributed by atoms with Crippen LogP contribution in [-0.2, 0) is 28.5 Å². The smallest absolute Gasteiger partial charge is 0.306 e. The van der Waals surface area contributed by atoms with E-state index in [4.69, 9.17) is 18.9 Å². The summed E-state index contributed by atoms with van der Waals surface area (Å²) in [6.07, 6.45) is 14.9. The van der Waals surface area contributed by atoms with Gasteiger partial charge in [0, 0.05) is 72.1 Å². The normalized spacial score (nSPS) is 24.8. The summed E-state index contributed by atoms with van der Waals surface area (Å²) in [7, 11) is 0. The van der Waals surface area contributed by atoms with Gasteiger partial charge >= 0.3 is 11.9 Å². The number of esters is 2. The average Bonchev–Trinajstić information content (AvgIpc) is 3.17. The van der Waals surface area contributed by atoms with E-state index in [2.05, 4.69) is 92.2 Å². The molecule has 8 nitrogen and oxygen atoms in total. The number of hydrogen-bond donors (Lipinski definition) is 0. The van der Waals surface area contributed by atoms with Crippen molar-refractivity contribution >= 4 is 11.9 Å². The molecule has 0 N–H and O–H groups in total. The number of unbranched alkanes of at least 4 members (excludes halogenated alkanes) is 5. The van der Waals surface area contributed by atoms with E-state index in [1.165, 1.54) is 61.1 Å². The molecule has 2 saturated heterocycles. The summed E-state index contributed by atoms with van der Waals surface area (Å²) in [4.78, 5) is 32.1. The fourth-order valence-electron chi connectivity index (χ4n) is 11.6. The molecule has 0 saturated carbocycles. The maximum atomic E-state index is 13.5. The second-order valence-corrected chi connectivity index (χ2v) is 21.8. The molecule has 0 aromatic heterocycles. The van der Waals surface area contributed by atoms with Crippen molar-refractivity contribution in [2.45, 2.75) is 210 Å². The lowest BCUT2D eigenvalue weighted by Crippen LogP contribution is -2.53. The second kappa shape index (κ2) is 21.7. The van der Waals surface area contributed by atoms with Crippen LogP contribution in [-0.4, -0.2) is 85.5 Å². The predicted octanol–water partition coefficient (Wildman–Crippen LogP) is 12.3. The zero-order chi connectivity index (χ0) is 44.5. The largest absolute Gasteiger partial charge is 0.461 e. The van der Waals surface area contributed by atoms with Gasteiger partial charge in [0.25, 0.3) is 0 Å². The molecule has 0 amide bonds. The quantitative estimate of drug-likeness (QED) is 0.0643. The molecule has 4 unspecified atom stereocenters.